The summed E-state index contributed by atoms with van der Waals surface area (Å²) in [5.41, 5.74) is 0.203. The predicted molar refractivity (Wildman–Crippen MR) is 106 cm³/mol. The number of benzene rings is 1. The molecule has 1 aliphatic heterocycles. The second kappa shape index (κ2) is 7.18. The van der Waals surface area contributed by atoms with Gasteiger partial charge in [-0.05, 0) is 43.4 Å². The van der Waals surface area contributed by atoms with Crippen LogP contribution >= 0.6 is 22.9 Å². The van der Waals surface area contributed by atoms with Crippen LogP contribution in [0.3, 0.4) is 0 Å². The molecule has 1 unspecified atom stereocenters. The summed E-state index contributed by atoms with van der Waals surface area (Å²) in [6.45, 7) is 1.41. The highest BCUT2D eigenvalue weighted by Gasteiger charge is 2.56. The number of nitrogens with zero attached hydrogens (tertiary/aromatic N) is 2. The van der Waals surface area contributed by atoms with Gasteiger partial charge in [0.2, 0.25) is 5.91 Å². The highest BCUT2D eigenvalue weighted by atomic mass is 35.5. The highest BCUT2D eigenvalue weighted by molar-refractivity contribution is 7.15. The van der Waals surface area contributed by atoms with Crippen LogP contribution in [0.1, 0.15) is 30.2 Å². The molecule has 0 radical (unpaired) electrons. The third-order valence-electron chi connectivity index (χ3n) is 5.09. The number of aromatic nitrogens is 1. The third kappa shape index (κ3) is 3.74. The summed E-state index contributed by atoms with van der Waals surface area (Å²) in [4.78, 5) is 43.2. The Morgan fingerprint density at radius 3 is 2.75 bits per heavy atom. The van der Waals surface area contributed by atoms with Crippen LogP contribution in [0.15, 0.2) is 30.5 Å². The van der Waals surface area contributed by atoms with E-state index in [4.69, 9.17) is 11.6 Å². The van der Waals surface area contributed by atoms with Crippen LogP contribution in [0, 0.1) is 5.92 Å². The molecule has 4 amide bonds. The van der Waals surface area contributed by atoms with Crippen molar-refractivity contribution in [2.24, 2.45) is 5.92 Å². The minimum Gasteiger partial charge on any atom is -0.323 e. The minimum absolute atomic E-state index is 0.159. The zero-order chi connectivity index (χ0) is 19.9. The summed E-state index contributed by atoms with van der Waals surface area (Å²) in [6, 6.07) is 7.02. The Labute approximate surface area is 171 Å². The fourth-order valence-corrected chi connectivity index (χ4v) is 4.34. The number of hydrogen-bond acceptors (Lipinski definition) is 5. The molecule has 1 aromatic carbocycles. The molecule has 1 saturated heterocycles. The first-order chi connectivity index (χ1) is 13.3. The maximum Gasteiger partial charge on any atom is 0.325 e. The molecule has 0 bridgehead atoms. The smallest absolute Gasteiger partial charge is 0.323 e. The summed E-state index contributed by atoms with van der Waals surface area (Å²) in [5.74, 6) is -0.625. The molecule has 2 N–H and O–H groups in total. The quantitative estimate of drug-likeness (QED) is 0.705. The van der Waals surface area contributed by atoms with Gasteiger partial charge in [0.15, 0.2) is 5.13 Å². The van der Waals surface area contributed by atoms with Crippen molar-refractivity contribution < 1.29 is 14.4 Å². The lowest BCUT2D eigenvalue weighted by Gasteiger charge is -2.20. The number of anilines is 1. The van der Waals surface area contributed by atoms with Crippen LogP contribution in [0.25, 0.3) is 0 Å². The van der Waals surface area contributed by atoms with Gasteiger partial charge in [-0.2, -0.15) is 0 Å². The topological polar surface area (TPSA) is 91.4 Å². The first-order valence-corrected chi connectivity index (χ1v) is 10.2. The second-order valence-corrected chi connectivity index (χ2v) is 8.83. The van der Waals surface area contributed by atoms with Crippen molar-refractivity contribution in [2.75, 3.05) is 11.9 Å². The van der Waals surface area contributed by atoms with Crippen LogP contribution in [0.2, 0.25) is 5.02 Å². The molecule has 4 rings (SSSR count). The van der Waals surface area contributed by atoms with Gasteiger partial charge in [-0.3, -0.25) is 14.5 Å². The number of nitrogens with one attached hydrogen (secondary N) is 2. The summed E-state index contributed by atoms with van der Waals surface area (Å²) in [6.07, 6.45) is 4.21. The number of thiazole rings is 1. The lowest BCUT2D eigenvalue weighted by atomic mass is 9.96. The molecule has 7 nitrogen and oxygen atoms in total. The fourth-order valence-electron chi connectivity index (χ4n) is 3.35. The van der Waals surface area contributed by atoms with Crippen molar-refractivity contribution in [3.8, 4) is 0 Å². The van der Waals surface area contributed by atoms with E-state index in [0.29, 0.717) is 16.6 Å². The van der Waals surface area contributed by atoms with Gasteiger partial charge in [0, 0.05) is 22.5 Å². The van der Waals surface area contributed by atoms with Crippen LogP contribution < -0.4 is 10.6 Å². The largest absolute Gasteiger partial charge is 0.325 e. The monoisotopic (exact) mass is 418 g/mol. The molecular formula is C19H19ClN4O3S. The molecule has 1 aromatic heterocycles. The van der Waals surface area contributed by atoms with E-state index in [0.717, 1.165) is 28.2 Å². The maximum atomic E-state index is 12.6. The van der Waals surface area contributed by atoms with Gasteiger partial charge in [0.25, 0.3) is 5.91 Å². The number of amides is 4. The summed E-state index contributed by atoms with van der Waals surface area (Å²) >= 11 is 7.25. The number of imide groups is 1. The first-order valence-electron chi connectivity index (χ1n) is 8.98. The average molecular weight is 419 g/mol. The van der Waals surface area contributed by atoms with Crippen molar-refractivity contribution in [3.05, 3.63) is 45.9 Å². The van der Waals surface area contributed by atoms with E-state index in [2.05, 4.69) is 15.6 Å². The van der Waals surface area contributed by atoms with E-state index >= 15 is 0 Å². The summed E-state index contributed by atoms with van der Waals surface area (Å²) < 4.78 is 0. The van der Waals surface area contributed by atoms with Crippen LogP contribution in [0.4, 0.5) is 9.93 Å². The Balaban J connectivity index is 1.35. The van der Waals surface area contributed by atoms with Gasteiger partial charge >= 0.3 is 6.03 Å². The Morgan fingerprint density at radius 2 is 2.07 bits per heavy atom. The van der Waals surface area contributed by atoms with E-state index in [-0.39, 0.29) is 18.4 Å². The number of hydrogen-bond donors (Lipinski definition) is 2. The molecule has 1 atom stereocenters. The molecule has 1 aliphatic carbocycles. The van der Waals surface area contributed by atoms with Gasteiger partial charge in [-0.15, -0.1) is 11.3 Å². The van der Waals surface area contributed by atoms with Crippen LogP contribution in [-0.2, 0) is 16.0 Å². The van der Waals surface area contributed by atoms with Crippen molar-refractivity contribution in [1.82, 2.24) is 15.2 Å². The van der Waals surface area contributed by atoms with Gasteiger partial charge in [0.1, 0.15) is 12.1 Å². The second-order valence-electron chi connectivity index (χ2n) is 7.28. The normalized spacial score (nSPS) is 21.7. The molecular weight excluding hydrogens is 400 g/mol. The van der Waals surface area contributed by atoms with E-state index in [1.54, 1.807) is 13.1 Å². The Bertz CT molecular complexity index is 941. The Hall–Kier alpha value is -2.45. The Kier molecular flexibility index (Phi) is 4.84. The van der Waals surface area contributed by atoms with E-state index in [1.165, 1.54) is 11.3 Å². The maximum absolute atomic E-state index is 12.6. The standard InChI is InChI=1S/C19H19ClN4O3S/c1-19(12-4-5-12)16(26)24(18(27)23-19)10-15(25)22-17-21-9-14(28-17)8-11-2-6-13(20)7-3-11/h2-3,6-7,9,12H,4-5,8,10H2,1H3,(H,23,27)(H,21,22,25). The van der Waals surface area contributed by atoms with Crippen molar-refractivity contribution in [3.63, 3.8) is 0 Å². The number of urea groups is 1. The highest BCUT2D eigenvalue weighted by Crippen LogP contribution is 2.42. The number of halogens is 1. The number of carbonyl (C=O) groups is 3. The lowest BCUT2D eigenvalue weighted by Crippen LogP contribution is -2.46. The average Bonchev–Trinajstić information content (AvgIpc) is 3.39. The SMILES string of the molecule is CC1(C2CC2)NC(=O)N(CC(=O)Nc2ncc(Cc3ccc(Cl)cc3)s2)C1=O. The number of rotatable bonds is 6. The van der Waals surface area contributed by atoms with Crippen molar-refractivity contribution in [1.29, 1.82) is 0 Å². The molecule has 1 saturated carbocycles. The first kappa shape index (κ1) is 18.9. The molecule has 9 heteroatoms. The van der Waals surface area contributed by atoms with Gasteiger partial charge in [0.05, 0.1) is 0 Å². The third-order valence-corrected chi connectivity index (χ3v) is 6.25. The molecule has 2 aliphatic rings. The molecule has 0 spiro atoms. The molecule has 28 heavy (non-hydrogen) atoms. The molecule has 146 valence electrons. The van der Waals surface area contributed by atoms with Gasteiger partial charge in [-0.25, -0.2) is 9.78 Å². The van der Waals surface area contributed by atoms with E-state index < -0.39 is 17.5 Å². The van der Waals surface area contributed by atoms with Gasteiger partial charge < -0.3 is 10.6 Å². The number of carbonyl (C=O) groups excluding carboxylic acids is 3. The summed E-state index contributed by atoms with van der Waals surface area (Å²) in [5, 5.41) is 6.52. The zero-order valence-electron chi connectivity index (χ0n) is 15.2. The lowest BCUT2D eigenvalue weighted by molar-refractivity contribution is -0.134. The fraction of sp³-hybridized carbons (Fsp3) is 0.368. The molecule has 2 fully saturated rings. The zero-order valence-corrected chi connectivity index (χ0v) is 16.8. The van der Waals surface area contributed by atoms with Gasteiger partial charge in [-0.1, -0.05) is 23.7 Å². The molecule has 2 heterocycles. The van der Waals surface area contributed by atoms with E-state index in [1.807, 2.05) is 24.3 Å². The van der Waals surface area contributed by atoms with Crippen LogP contribution in [0.5, 0.6) is 0 Å². The minimum atomic E-state index is -0.885. The van der Waals surface area contributed by atoms with Crippen molar-refractivity contribution in [2.45, 2.75) is 31.7 Å². The Morgan fingerprint density at radius 1 is 1.36 bits per heavy atom. The predicted octanol–water partition coefficient (Wildman–Crippen LogP) is 3.05. The molecule has 2 aromatic rings. The van der Waals surface area contributed by atoms with E-state index in [9.17, 15) is 14.4 Å². The summed E-state index contributed by atoms with van der Waals surface area (Å²) in [7, 11) is 0. The van der Waals surface area contributed by atoms with Crippen LogP contribution in [-0.4, -0.2) is 39.8 Å². The van der Waals surface area contributed by atoms with Crippen molar-refractivity contribution >= 4 is 45.9 Å².